The summed E-state index contributed by atoms with van der Waals surface area (Å²) in [7, 11) is 0. The van der Waals surface area contributed by atoms with E-state index in [1.165, 1.54) is 13.8 Å². The molecule has 1 heterocycles. The van der Waals surface area contributed by atoms with Crippen LogP contribution in [0.15, 0.2) is 11.1 Å². The van der Waals surface area contributed by atoms with Crippen LogP contribution in [0.25, 0.3) is 0 Å². The molecule has 1 unspecified atom stereocenters. The Morgan fingerprint density at radius 2 is 2.08 bits per heavy atom. The van der Waals surface area contributed by atoms with Gasteiger partial charge in [-0.25, -0.2) is 0 Å². The predicted octanol–water partition coefficient (Wildman–Crippen LogP) is -0.270. The highest BCUT2D eigenvalue weighted by Crippen LogP contribution is 2.24. The van der Waals surface area contributed by atoms with E-state index in [1.807, 2.05) is 0 Å². The summed E-state index contributed by atoms with van der Waals surface area (Å²) in [4.78, 5) is 22.0. The summed E-state index contributed by atoms with van der Waals surface area (Å²) in [5.41, 5.74) is -0.905. The second-order valence-corrected chi connectivity index (χ2v) is 3.08. The van der Waals surface area contributed by atoms with Crippen LogP contribution in [0.1, 0.15) is 20.8 Å². The molecule has 0 aliphatic carbocycles. The number of Topliss-reactive ketones (excluding diaryl/α,β-unsaturated/α-hetero) is 1. The van der Waals surface area contributed by atoms with E-state index < -0.39 is 11.6 Å². The minimum absolute atomic E-state index is 0.0694. The number of carbonyl (C=O) groups is 2. The third-order valence-electron chi connectivity index (χ3n) is 2.04. The van der Waals surface area contributed by atoms with E-state index in [2.05, 4.69) is 5.32 Å². The number of aliphatic hydroxyl groups is 1. The second-order valence-electron chi connectivity index (χ2n) is 3.08. The maximum absolute atomic E-state index is 11.1. The van der Waals surface area contributed by atoms with Crippen molar-refractivity contribution in [1.29, 1.82) is 0 Å². The topological polar surface area (TPSA) is 66.4 Å². The third kappa shape index (κ3) is 1.14. The van der Waals surface area contributed by atoms with Gasteiger partial charge in [0, 0.05) is 0 Å². The van der Waals surface area contributed by atoms with Gasteiger partial charge in [0.1, 0.15) is 0 Å². The summed E-state index contributed by atoms with van der Waals surface area (Å²) in [5.74, 6) is -0.812. The van der Waals surface area contributed by atoms with Crippen molar-refractivity contribution in [2.75, 3.05) is 0 Å². The molecule has 0 fully saturated rings. The molecule has 12 heavy (non-hydrogen) atoms. The predicted molar refractivity (Wildman–Crippen MR) is 42.1 cm³/mol. The van der Waals surface area contributed by atoms with Crippen molar-refractivity contribution >= 4 is 11.7 Å². The maximum Gasteiger partial charge on any atom is 0.257 e. The molecule has 2 N–H and O–H groups in total. The molecule has 0 radical (unpaired) electrons. The highest BCUT2D eigenvalue weighted by Gasteiger charge is 2.38. The number of amides is 1. The molecule has 1 atom stereocenters. The SMILES string of the molecule is CC(=O)C1=C(C)C(C)(O)NC1=O. The highest BCUT2D eigenvalue weighted by molar-refractivity contribution is 6.21. The Balaban J connectivity index is 3.20. The van der Waals surface area contributed by atoms with E-state index in [0.29, 0.717) is 5.57 Å². The van der Waals surface area contributed by atoms with E-state index in [1.54, 1.807) is 6.92 Å². The van der Waals surface area contributed by atoms with E-state index in [4.69, 9.17) is 0 Å². The Bertz CT molecular complexity index is 289. The van der Waals surface area contributed by atoms with Gasteiger partial charge in [-0.05, 0) is 26.3 Å². The van der Waals surface area contributed by atoms with Gasteiger partial charge in [-0.2, -0.15) is 0 Å². The first-order chi connectivity index (χ1) is 5.36. The van der Waals surface area contributed by atoms with Crippen molar-refractivity contribution in [3.8, 4) is 0 Å². The summed E-state index contributed by atoms with van der Waals surface area (Å²) in [6.45, 7) is 4.31. The average molecular weight is 169 g/mol. The van der Waals surface area contributed by atoms with Gasteiger partial charge in [0.15, 0.2) is 11.5 Å². The lowest BCUT2D eigenvalue weighted by Gasteiger charge is -2.17. The lowest BCUT2D eigenvalue weighted by Crippen LogP contribution is -2.40. The molecule has 0 saturated heterocycles. The van der Waals surface area contributed by atoms with Crippen molar-refractivity contribution in [3.05, 3.63) is 11.1 Å². The smallest absolute Gasteiger partial charge is 0.257 e. The van der Waals surface area contributed by atoms with Gasteiger partial charge in [0.2, 0.25) is 0 Å². The minimum atomic E-state index is -1.36. The molecule has 0 aromatic carbocycles. The fourth-order valence-corrected chi connectivity index (χ4v) is 1.21. The van der Waals surface area contributed by atoms with Crippen LogP contribution in [0, 0.1) is 0 Å². The van der Waals surface area contributed by atoms with Crippen molar-refractivity contribution in [1.82, 2.24) is 5.32 Å². The van der Waals surface area contributed by atoms with E-state index >= 15 is 0 Å². The summed E-state index contributed by atoms with van der Waals surface area (Å²) >= 11 is 0. The van der Waals surface area contributed by atoms with Gasteiger partial charge >= 0.3 is 0 Å². The first-order valence-electron chi connectivity index (χ1n) is 3.63. The number of ketones is 1. The molecule has 0 bridgehead atoms. The lowest BCUT2D eigenvalue weighted by atomic mass is 10.0. The number of nitrogens with one attached hydrogen (secondary N) is 1. The summed E-state index contributed by atoms with van der Waals surface area (Å²) in [5, 5.41) is 11.8. The van der Waals surface area contributed by atoms with Crippen molar-refractivity contribution in [2.45, 2.75) is 26.5 Å². The number of hydrogen-bond donors (Lipinski definition) is 2. The molecule has 0 spiro atoms. The molecular formula is C8H11NO3. The lowest BCUT2D eigenvalue weighted by molar-refractivity contribution is -0.122. The van der Waals surface area contributed by atoms with Crippen LogP contribution in [-0.2, 0) is 9.59 Å². The van der Waals surface area contributed by atoms with Crippen LogP contribution in [0.5, 0.6) is 0 Å². The quantitative estimate of drug-likeness (QED) is 0.531. The van der Waals surface area contributed by atoms with Crippen LogP contribution in [0.3, 0.4) is 0 Å². The van der Waals surface area contributed by atoms with Gasteiger partial charge in [0.05, 0.1) is 5.57 Å². The molecular weight excluding hydrogens is 158 g/mol. The van der Waals surface area contributed by atoms with Crippen molar-refractivity contribution in [2.24, 2.45) is 0 Å². The van der Waals surface area contributed by atoms with Gasteiger partial charge in [-0.1, -0.05) is 0 Å². The van der Waals surface area contributed by atoms with Crippen molar-refractivity contribution < 1.29 is 14.7 Å². The average Bonchev–Trinajstić information content (AvgIpc) is 2.02. The molecule has 1 aliphatic heterocycles. The molecule has 1 amide bonds. The van der Waals surface area contributed by atoms with Crippen LogP contribution >= 0.6 is 0 Å². The molecule has 0 aromatic rings. The first-order valence-corrected chi connectivity index (χ1v) is 3.63. The summed E-state index contributed by atoms with van der Waals surface area (Å²) < 4.78 is 0. The number of carbonyl (C=O) groups excluding carboxylic acids is 2. The number of hydrogen-bond acceptors (Lipinski definition) is 3. The normalized spacial score (nSPS) is 29.2. The van der Waals surface area contributed by atoms with E-state index in [9.17, 15) is 14.7 Å². The fourth-order valence-electron chi connectivity index (χ4n) is 1.21. The van der Waals surface area contributed by atoms with Gasteiger partial charge in [0.25, 0.3) is 5.91 Å². The van der Waals surface area contributed by atoms with E-state index in [-0.39, 0.29) is 11.4 Å². The minimum Gasteiger partial charge on any atom is -0.367 e. The van der Waals surface area contributed by atoms with Crippen LogP contribution < -0.4 is 5.32 Å². The summed E-state index contributed by atoms with van der Waals surface area (Å²) in [6, 6.07) is 0. The third-order valence-corrected chi connectivity index (χ3v) is 2.04. The van der Waals surface area contributed by atoms with Gasteiger partial charge in [-0.3, -0.25) is 9.59 Å². The Labute approximate surface area is 70.3 Å². The standard InChI is InChI=1S/C8H11NO3/c1-4-6(5(2)10)7(11)9-8(4,3)12/h12H,1-3H3,(H,9,11). The second kappa shape index (κ2) is 2.42. The zero-order valence-corrected chi connectivity index (χ0v) is 7.26. The zero-order chi connectivity index (χ0) is 9.52. The molecule has 4 heteroatoms. The largest absolute Gasteiger partial charge is 0.367 e. The monoisotopic (exact) mass is 169 g/mol. The Hall–Kier alpha value is -1.16. The molecule has 1 aliphatic rings. The Kier molecular flexibility index (Phi) is 1.80. The molecule has 0 aromatic heterocycles. The van der Waals surface area contributed by atoms with Crippen LogP contribution in [-0.4, -0.2) is 22.5 Å². The number of rotatable bonds is 1. The zero-order valence-electron chi connectivity index (χ0n) is 7.26. The molecule has 0 saturated carbocycles. The van der Waals surface area contributed by atoms with E-state index in [0.717, 1.165) is 0 Å². The van der Waals surface area contributed by atoms with Crippen LogP contribution in [0.4, 0.5) is 0 Å². The maximum atomic E-state index is 11.1. The Morgan fingerprint density at radius 1 is 1.58 bits per heavy atom. The summed E-state index contributed by atoms with van der Waals surface area (Å²) in [6.07, 6.45) is 0. The van der Waals surface area contributed by atoms with Gasteiger partial charge in [-0.15, -0.1) is 0 Å². The fraction of sp³-hybridized carbons (Fsp3) is 0.500. The molecule has 1 rings (SSSR count). The highest BCUT2D eigenvalue weighted by atomic mass is 16.3. The first kappa shape index (κ1) is 8.93. The van der Waals surface area contributed by atoms with Crippen LogP contribution in [0.2, 0.25) is 0 Å². The molecule has 66 valence electrons. The Morgan fingerprint density at radius 3 is 2.25 bits per heavy atom. The molecule has 4 nitrogen and oxygen atoms in total. The van der Waals surface area contributed by atoms with Gasteiger partial charge < -0.3 is 10.4 Å². The van der Waals surface area contributed by atoms with Crippen molar-refractivity contribution in [3.63, 3.8) is 0 Å².